The van der Waals surface area contributed by atoms with Gasteiger partial charge in [-0.3, -0.25) is 0 Å². The molecule has 0 aromatic heterocycles. The minimum atomic E-state index is 0.819. The number of nitrogens with one attached hydrogen (secondary N) is 1. The summed E-state index contributed by atoms with van der Waals surface area (Å²) >= 11 is 0. The lowest BCUT2D eigenvalue weighted by molar-refractivity contribution is 0.922. The molecule has 0 unspecified atom stereocenters. The monoisotopic (exact) mass is 265 g/mol. The number of hydrogen-bond donors (Lipinski definition) is 1. The van der Waals surface area contributed by atoms with E-state index in [1.807, 2.05) is 0 Å². The Bertz CT molecular complexity index is 552. The van der Waals surface area contributed by atoms with Crippen molar-refractivity contribution >= 4 is 5.69 Å². The maximum absolute atomic E-state index is 3.55. The smallest absolute Gasteiger partial charge is 0.0403 e. The van der Waals surface area contributed by atoms with Crippen LogP contribution in [-0.2, 0) is 13.0 Å². The van der Waals surface area contributed by atoms with Crippen molar-refractivity contribution in [3.8, 4) is 0 Å². The minimum absolute atomic E-state index is 0.819. The van der Waals surface area contributed by atoms with Gasteiger partial charge in [0.2, 0.25) is 0 Å². The average molecular weight is 265 g/mol. The molecule has 1 nitrogen and oxygen atoms in total. The van der Waals surface area contributed by atoms with Gasteiger partial charge in [0.05, 0.1) is 0 Å². The zero-order valence-electron chi connectivity index (χ0n) is 12.2. The molecule has 0 atom stereocenters. The number of benzene rings is 2. The molecule has 0 bridgehead atoms. The molecule has 20 heavy (non-hydrogen) atoms. The van der Waals surface area contributed by atoms with Gasteiger partial charge in [-0.05, 0) is 54.0 Å². The quantitative estimate of drug-likeness (QED) is 0.763. The highest BCUT2D eigenvalue weighted by molar-refractivity contribution is 5.46. The lowest BCUT2D eigenvalue weighted by atomic mass is 10.0. The summed E-state index contributed by atoms with van der Waals surface area (Å²) in [7, 11) is 0. The number of hydrogen-bond acceptors (Lipinski definition) is 1. The molecule has 1 aliphatic carbocycles. The second-order valence-corrected chi connectivity index (χ2v) is 5.77. The maximum atomic E-state index is 3.55. The Balaban J connectivity index is 1.64. The van der Waals surface area contributed by atoms with Crippen molar-refractivity contribution in [1.29, 1.82) is 0 Å². The molecule has 1 fully saturated rings. The normalized spacial score (nSPS) is 14.2. The zero-order chi connectivity index (χ0) is 13.8. The third-order valence-electron chi connectivity index (χ3n) is 4.05. The molecule has 2 aromatic rings. The second kappa shape index (κ2) is 6.13. The Morgan fingerprint density at radius 2 is 1.75 bits per heavy atom. The van der Waals surface area contributed by atoms with Gasteiger partial charge < -0.3 is 5.32 Å². The Morgan fingerprint density at radius 1 is 1.00 bits per heavy atom. The predicted molar refractivity (Wildman–Crippen MR) is 86.2 cm³/mol. The van der Waals surface area contributed by atoms with Crippen LogP contribution in [0.3, 0.4) is 0 Å². The van der Waals surface area contributed by atoms with Gasteiger partial charge in [-0.25, -0.2) is 0 Å². The molecule has 2 aromatic carbocycles. The van der Waals surface area contributed by atoms with Crippen LogP contribution in [0.1, 0.15) is 48.8 Å². The lowest BCUT2D eigenvalue weighted by Crippen LogP contribution is -2.02. The van der Waals surface area contributed by atoms with Crippen LogP contribution in [0.4, 0.5) is 5.69 Å². The van der Waals surface area contributed by atoms with E-state index in [1.54, 1.807) is 5.56 Å². The molecule has 0 aliphatic heterocycles. The predicted octanol–water partition coefficient (Wildman–Crippen LogP) is 5.13. The first-order valence-corrected chi connectivity index (χ1v) is 7.77. The molecule has 0 amide bonds. The topological polar surface area (TPSA) is 12.0 Å². The summed E-state index contributed by atoms with van der Waals surface area (Å²) in [6.07, 6.45) is 5.11. The van der Waals surface area contributed by atoms with E-state index in [9.17, 15) is 0 Å². The molecule has 1 N–H and O–H groups in total. The van der Waals surface area contributed by atoms with Crippen LogP contribution in [0, 0.1) is 0 Å². The third-order valence-corrected chi connectivity index (χ3v) is 4.05. The van der Waals surface area contributed by atoms with Crippen molar-refractivity contribution in [1.82, 2.24) is 0 Å². The Kier molecular flexibility index (Phi) is 4.05. The molecule has 1 heteroatoms. The van der Waals surface area contributed by atoms with Crippen LogP contribution in [0.25, 0.3) is 0 Å². The van der Waals surface area contributed by atoms with Gasteiger partial charge in [0.15, 0.2) is 0 Å². The van der Waals surface area contributed by atoms with Crippen LogP contribution in [0.5, 0.6) is 0 Å². The van der Waals surface area contributed by atoms with E-state index in [-0.39, 0.29) is 0 Å². The van der Waals surface area contributed by atoms with E-state index in [2.05, 4.69) is 60.8 Å². The van der Waals surface area contributed by atoms with E-state index in [0.717, 1.165) is 12.5 Å². The van der Waals surface area contributed by atoms with Crippen molar-refractivity contribution in [2.75, 3.05) is 5.32 Å². The van der Waals surface area contributed by atoms with E-state index in [0.29, 0.717) is 0 Å². The van der Waals surface area contributed by atoms with Crippen molar-refractivity contribution in [3.05, 3.63) is 65.2 Å². The first-order valence-electron chi connectivity index (χ1n) is 7.77. The number of anilines is 1. The van der Waals surface area contributed by atoms with Gasteiger partial charge in [-0.1, -0.05) is 49.7 Å². The molecule has 0 saturated heterocycles. The number of aryl methyl sites for hydroxylation is 1. The highest BCUT2D eigenvalue weighted by Crippen LogP contribution is 2.41. The summed E-state index contributed by atoms with van der Waals surface area (Å²) in [4.78, 5) is 0. The summed E-state index contributed by atoms with van der Waals surface area (Å²) < 4.78 is 0. The molecule has 0 heterocycles. The fourth-order valence-corrected chi connectivity index (χ4v) is 2.76. The molecule has 104 valence electrons. The first-order chi connectivity index (χ1) is 9.86. The van der Waals surface area contributed by atoms with Gasteiger partial charge in [-0.2, -0.15) is 0 Å². The molecular formula is C19H23N. The van der Waals surface area contributed by atoms with E-state index in [4.69, 9.17) is 0 Å². The highest BCUT2D eigenvalue weighted by atomic mass is 14.9. The average Bonchev–Trinajstić information content (AvgIpc) is 3.32. The Hall–Kier alpha value is -1.76. The van der Waals surface area contributed by atoms with Crippen LogP contribution in [0.15, 0.2) is 48.5 Å². The van der Waals surface area contributed by atoms with Crippen molar-refractivity contribution in [2.24, 2.45) is 0 Å². The first kappa shape index (κ1) is 13.2. The largest absolute Gasteiger partial charge is 0.381 e. The van der Waals surface area contributed by atoms with Crippen LogP contribution in [-0.4, -0.2) is 0 Å². The third kappa shape index (κ3) is 3.22. The van der Waals surface area contributed by atoms with E-state index in [1.165, 1.54) is 42.5 Å². The van der Waals surface area contributed by atoms with E-state index < -0.39 is 0 Å². The van der Waals surface area contributed by atoms with Gasteiger partial charge in [0, 0.05) is 12.2 Å². The minimum Gasteiger partial charge on any atom is -0.381 e. The van der Waals surface area contributed by atoms with Gasteiger partial charge >= 0.3 is 0 Å². The Labute approximate surface area is 122 Å². The van der Waals surface area contributed by atoms with Gasteiger partial charge in [-0.15, -0.1) is 0 Å². The summed E-state index contributed by atoms with van der Waals surface area (Å²) in [6, 6.07) is 17.7. The maximum Gasteiger partial charge on any atom is 0.0403 e. The molecule has 3 rings (SSSR count). The fourth-order valence-electron chi connectivity index (χ4n) is 2.76. The van der Waals surface area contributed by atoms with Crippen LogP contribution in [0.2, 0.25) is 0 Å². The SMILES string of the molecule is CCCc1ccc(NCc2ccccc2C2CC2)cc1. The van der Waals surface area contributed by atoms with Crippen molar-refractivity contribution in [2.45, 2.75) is 45.1 Å². The van der Waals surface area contributed by atoms with Gasteiger partial charge in [0.1, 0.15) is 0 Å². The van der Waals surface area contributed by atoms with Gasteiger partial charge in [0.25, 0.3) is 0 Å². The fraction of sp³-hybridized carbons (Fsp3) is 0.368. The Morgan fingerprint density at radius 3 is 2.45 bits per heavy atom. The molecule has 0 spiro atoms. The highest BCUT2D eigenvalue weighted by Gasteiger charge is 2.25. The molecule has 1 aliphatic rings. The number of rotatable bonds is 6. The standard InChI is InChI=1S/C19H23N/c1-2-5-15-8-12-18(13-9-15)20-14-17-6-3-4-7-19(17)16-10-11-16/h3-4,6-9,12-13,16,20H,2,5,10-11,14H2,1H3. The second-order valence-electron chi connectivity index (χ2n) is 5.77. The molecule has 1 saturated carbocycles. The summed E-state index contributed by atoms with van der Waals surface area (Å²) in [5, 5.41) is 3.55. The summed E-state index contributed by atoms with van der Waals surface area (Å²) in [6.45, 7) is 3.15. The van der Waals surface area contributed by atoms with Crippen LogP contribution >= 0.6 is 0 Å². The van der Waals surface area contributed by atoms with E-state index >= 15 is 0 Å². The van der Waals surface area contributed by atoms with Crippen molar-refractivity contribution in [3.63, 3.8) is 0 Å². The zero-order valence-corrected chi connectivity index (χ0v) is 12.2. The molecular weight excluding hydrogens is 242 g/mol. The lowest BCUT2D eigenvalue weighted by Gasteiger charge is -2.11. The molecule has 0 radical (unpaired) electrons. The summed E-state index contributed by atoms with van der Waals surface area (Å²) in [5.41, 5.74) is 5.64. The summed E-state index contributed by atoms with van der Waals surface area (Å²) in [5.74, 6) is 0.819. The van der Waals surface area contributed by atoms with Crippen molar-refractivity contribution < 1.29 is 0 Å². The van der Waals surface area contributed by atoms with Crippen LogP contribution < -0.4 is 5.32 Å².